The lowest BCUT2D eigenvalue weighted by molar-refractivity contribution is -0.138. The van der Waals surface area contributed by atoms with Gasteiger partial charge in [-0.05, 0) is 59.7 Å². The van der Waals surface area contributed by atoms with Gasteiger partial charge < -0.3 is 34.6 Å². The number of ether oxygens (including phenoxy) is 3. The first-order chi connectivity index (χ1) is 19.8. The Morgan fingerprint density at radius 2 is 1.98 bits per heavy atom. The van der Waals surface area contributed by atoms with Crippen molar-refractivity contribution in [2.45, 2.75) is 44.4 Å². The number of rotatable bonds is 15. The summed E-state index contributed by atoms with van der Waals surface area (Å²) in [5.41, 5.74) is 1.54. The van der Waals surface area contributed by atoms with Crippen LogP contribution in [0.2, 0.25) is 0 Å². The molecule has 0 saturated heterocycles. The van der Waals surface area contributed by atoms with Gasteiger partial charge >= 0.3 is 0 Å². The zero-order valence-electron chi connectivity index (χ0n) is 23.3. The van der Waals surface area contributed by atoms with Gasteiger partial charge in [-0.1, -0.05) is 30.3 Å². The highest BCUT2D eigenvalue weighted by Gasteiger charge is 2.40. The van der Waals surface area contributed by atoms with Gasteiger partial charge in [0.25, 0.3) is 0 Å². The molecule has 1 aliphatic carbocycles. The number of aliphatic hydroxyl groups is 2. The maximum absolute atomic E-state index is 13.7. The molecule has 41 heavy (non-hydrogen) atoms. The fraction of sp³-hybridized carbons (Fsp3) is 0.433. The van der Waals surface area contributed by atoms with Crippen LogP contribution in [0.25, 0.3) is 0 Å². The Hall–Kier alpha value is -3.00. The summed E-state index contributed by atoms with van der Waals surface area (Å²) in [6.45, 7) is 3.00. The minimum atomic E-state index is -1.19. The van der Waals surface area contributed by atoms with Crippen molar-refractivity contribution in [3.8, 4) is 11.5 Å². The first-order valence-electron chi connectivity index (χ1n) is 13.5. The predicted octanol–water partition coefficient (Wildman–Crippen LogP) is 2.53. The maximum atomic E-state index is 13.7. The normalized spacial score (nSPS) is 18.3. The van der Waals surface area contributed by atoms with E-state index in [4.69, 9.17) is 14.2 Å². The largest absolute Gasteiger partial charge is 0.493 e. The van der Waals surface area contributed by atoms with Crippen molar-refractivity contribution in [3.63, 3.8) is 0 Å². The molecule has 2 aromatic rings. The molecule has 3 atom stereocenters. The average Bonchev–Trinajstić information content (AvgIpc) is 2.98. The van der Waals surface area contributed by atoms with E-state index in [0.717, 1.165) is 5.56 Å². The number of methoxy groups -OCH3 is 1. The highest BCUT2D eigenvalue weighted by Crippen LogP contribution is 2.37. The smallest absolute Gasteiger partial charge is 0.247 e. The summed E-state index contributed by atoms with van der Waals surface area (Å²) in [6, 6.07) is 11.7. The molecule has 1 aliphatic rings. The molecule has 0 fully saturated rings. The lowest BCUT2D eigenvalue weighted by Gasteiger charge is -2.40. The number of amides is 2. The SMILES string of the molecule is CCOCCCN(C(=O)Cc1ccccc1)C1CC(C(=O)NCCO)=CC(Oc2c(I)cc(C=O)cc2OC)C1O. The second-order valence-corrected chi connectivity index (χ2v) is 10.6. The van der Waals surface area contributed by atoms with Crippen LogP contribution in [-0.4, -0.2) is 91.5 Å². The Morgan fingerprint density at radius 1 is 1.22 bits per heavy atom. The summed E-state index contributed by atoms with van der Waals surface area (Å²) < 4.78 is 17.8. The van der Waals surface area contributed by atoms with Gasteiger partial charge in [0.2, 0.25) is 11.8 Å². The summed E-state index contributed by atoms with van der Waals surface area (Å²) >= 11 is 2.01. The van der Waals surface area contributed by atoms with Crippen LogP contribution in [0.5, 0.6) is 11.5 Å². The number of carbonyl (C=O) groups excluding carboxylic acids is 3. The van der Waals surface area contributed by atoms with Crippen LogP contribution in [0.4, 0.5) is 0 Å². The number of hydrogen-bond acceptors (Lipinski definition) is 8. The molecule has 0 heterocycles. The first kappa shape index (κ1) is 32.5. The first-order valence-corrected chi connectivity index (χ1v) is 14.6. The van der Waals surface area contributed by atoms with Gasteiger partial charge in [-0.2, -0.15) is 0 Å². The number of nitrogens with zero attached hydrogens (tertiary/aromatic N) is 1. The summed E-state index contributed by atoms with van der Waals surface area (Å²) in [6.07, 6.45) is 0.774. The quantitative estimate of drug-likeness (QED) is 0.149. The Morgan fingerprint density at radius 3 is 2.63 bits per heavy atom. The van der Waals surface area contributed by atoms with E-state index in [0.29, 0.717) is 58.7 Å². The van der Waals surface area contributed by atoms with Crippen molar-refractivity contribution in [3.05, 3.63) is 68.8 Å². The van der Waals surface area contributed by atoms with Gasteiger partial charge in [-0.25, -0.2) is 0 Å². The molecule has 3 unspecified atom stereocenters. The molecule has 2 amide bonds. The monoisotopic (exact) mass is 680 g/mol. The number of aldehydes is 1. The molecule has 3 rings (SSSR count). The number of aliphatic hydroxyl groups excluding tert-OH is 2. The van der Waals surface area contributed by atoms with E-state index in [9.17, 15) is 24.6 Å². The summed E-state index contributed by atoms with van der Waals surface area (Å²) in [5, 5.41) is 23.5. The molecule has 222 valence electrons. The van der Waals surface area contributed by atoms with Crippen molar-refractivity contribution < 1.29 is 38.8 Å². The number of hydrogen-bond donors (Lipinski definition) is 3. The zero-order valence-corrected chi connectivity index (χ0v) is 25.4. The van der Waals surface area contributed by atoms with E-state index in [-0.39, 0.29) is 31.9 Å². The van der Waals surface area contributed by atoms with Crippen molar-refractivity contribution in [1.82, 2.24) is 10.2 Å². The van der Waals surface area contributed by atoms with Crippen molar-refractivity contribution in [1.29, 1.82) is 0 Å². The second-order valence-electron chi connectivity index (χ2n) is 9.47. The third-order valence-electron chi connectivity index (χ3n) is 6.67. The van der Waals surface area contributed by atoms with Crippen LogP contribution >= 0.6 is 22.6 Å². The fourth-order valence-corrected chi connectivity index (χ4v) is 5.42. The summed E-state index contributed by atoms with van der Waals surface area (Å²) in [4.78, 5) is 39.7. The molecule has 11 heteroatoms. The Bertz CT molecular complexity index is 1210. The maximum Gasteiger partial charge on any atom is 0.247 e. The third kappa shape index (κ3) is 8.99. The Balaban J connectivity index is 1.98. The molecule has 0 bridgehead atoms. The average molecular weight is 681 g/mol. The van der Waals surface area contributed by atoms with Gasteiger partial charge in [-0.15, -0.1) is 0 Å². The molecular formula is C30H37IN2O8. The molecule has 0 saturated carbocycles. The summed E-state index contributed by atoms with van der Waals surface area (Å²) in [7, 11) is 1.44. The van der Waals surface area contributed by atoms with E-state index in [2.05, 4.69) is 5.32 Å². The number of nitrogens with one attached hydrogen (secondary N) is 1. The van der Waals surface area contributed by atoms with E-state index in [1.165, 1.54) is 19.3 Å². The van der Waals surface area contributed by atoms with Crippen LogP contribution in [0.1, 0.15) is 35.7 Å². The van der Waals surface area contributed by atoms with Gasteiger partial charge in [0.15, 0.2) is 11.5 Å². The standard InChI is InChI=1S/C30H37IN2O8/c1-3-40-13-7-11-33(27(36)16-20-8-5-4-6-9-20)24-17-22(30(38)32-10-12-34)18-25(28(24)37)41-29-23(31)14-21(19-35)15-26(29)39-2/h4-6,8-9,14-15,18-19,24-25,28,34,37H,3,7,10-13,16-17H2,1-2H3,(H,32,38). The number of carbonyl (C=O) groups is 3. The minimum absolute atomic E-state index is 0.0544. The molecule has 0 spiro atoms. The minimum Gasteiger partial charge on any atom is -0.493 e. The van der Waals surface area contributed by atoms with Gasteiger partial charge in [0, 0.05) is 43.9 Å². The molecular weight excluding hydrogens is 643 g/mol. The third-order valence-corrected chi connectivity index (χ3v) is 7.47. The van der Waals surface area contributed by atoms with Crippen LogP contribution in [-0.2, 0) is 20.7 Å². The lowest BCUT2D eigenvalue weighted by Crippen LogP contribution is -2.55. The molecule has 0 aromatic heterocycles. The van der Waals surface area contributed by atoms with E-state index in [1.54, 1.807) is 11.0 Å². The van der Waals surface area contributed by atoms with E-state index in [1.807, 2.05) is 59.8 Å². The van der Waals surface area contributed by atoms with Crippen molar-refractivity contribution in [2.75, 3.05) is 40.0 Å². The number of halogens is 1. The lowest BCUT2D eigenvalue weighted by atomic mass is 9.87. The molecule has 10 nitrogen and oxygen atoms in total. The van der Waals surface area contributed by atoms with Gasteiger partial charge in [0.1, 0.15) is 18.5 Å². The van der Waals surface area contributed by atoms with Gasteiger partial charge in [-0.3, -0.25) is 14.4 Å². The van der Waals surface area contributed by atoms with Crippen molar-refractivity contribution in [2.24, 2.45) is 0 Å². The summed E-state index contributed by atoms with van der Waals surface area (Å²) in [5.74, 6) is -0.0303. The molecule has 3 N–H and O–H groups in total. The van der Waals surface area contributed by atoms with Crippen LogP contribution in [0.15, 0.2) is 54.1 Å². The second kappa shape index (κ2) is 16.4. The predicted molar refractivity (Wildman–Crippen MR) is 161 cm³/mol. The van der Waals surface area contributed by atoms with Crippen LogP contribution in [0.3, 0.4) is 0 Å². The molecule has 2 aromatic carbocycles. The van der Waals surface area contributed by atoms with Crippen LogP contribution in [0, 0.1) is 3.57 Å². The zero-order chi connectivity index (χ0) is 29.8. The number of benzene rings is 2. The van der Waals surface area contributed by atoms with Gasteiger partial charge in [0.05, 0.1) is 29.7 Å². The van der Waals surface area contributed by atoms with E-state index < -0.39 is 24.2 Å². The highest BCUT2D eigenvalue weighted by atomic mass is 127. The molecule has 0 radical (unpaired) electrons. The molecule has 0 aliphatic heterocycles. The topological polar surface area (TPSA) is 135 Å². The Kier molecular flexibility index (Phi) is 13.0. The van der Waals surface area contributed by atoms with Crippen molar-refractivity contribution >= 4 is 40.7 Å². The van der Waals surface area contributed by atoms with E-state index >= 15 is 0 Å². The fourth-order valence-electron chi connectivity index (χ4n) is 4.67. The highest BCUT2D eigenvalue weighted by molar-refractivity contribution is 14.1. The Labute approximate surface area is 253 Å². The van der Waals surface area contributed by atoms with Crippen LogP contribution < -0.4 is 14.8 Å².